The monoisotopic (exact) mass is 322 g/mol. The first-order chi connectivity index (χ1) is 9.70. The summed E-state index contributed by atoms with van der Waals surface area (Å²) in [5, 5.41) is 25.7. The Morgan fingerprint density at radius 3 is 2.05 bits per heavy atom. The van der Waals surface area contributed by atoms with Crippen LogP contribution in [0, 0.1) is 10.4 Å². The molecule has 0 radical (unpaired) electrons. The molecule has 1 aromatic heterocycles. The average molecular weight is 322 g/mol. The van der Waals surface area contributed by atoms with Gasteiger partial charge in [0, 0.05) is 32.6 Å². The van der Waals surface area contributed by atoms with Gasteiger partial charge in [-0.3, -0.25) is 5.73 Å². The van der Waals surface area contributed by atoms with Crippen molar-refractivity contribution in [2.24, 2.45) is 0 Å². The summed E-state index contributed by atoms with van der Waals surface area (Å²) in [6, 6.07) is 6.31. The van der Waals surface area contributed by atoms with Crippen LogP contribution in [0.1, 0.15) is 20.3 Å². The zero-order chi connectivity index (χ0) is 15.0. The van der Waals surface area contributed by atoms with E-state index in [0.717, 1.165) is 6.42 Å². The topological polar surface area (TPSA) is 92.8 Å². The molecule has 0 atom stereocenters. The van der Waals surface area contributed by atoms with Crippen molar-refractivity contribution in [1.82, 2.24) is 5.10 Å². The standard InChI is InChI=1S/C7H6N4O2.C5H6.C2H6.Ti/c8-7-9-11(13)6-4-2-1-3-5(6)10(7)12;1-2-4-5-3-1;1-2;/h1-4H,(H2,8,9);1-4H,5H2;1-2H3;. The Labute approximate surface area is 138 Å². The summed E-state index contributed by atoms with van der Waals surface area (Å²) in [5.74, 6) is -0.353. The number of hydrogen-bond acceptors (Lipinski definition) is 4. The van der Waals surface area contributed by atoms with Crippen molar-refractivity contribution in [3.05, 3.63) is 59.0 Å². The second-order valence-electron chi connectivity index (χ2n) is 3.61. The molecule has 2 N–H and O–H groups in total. The number of nitrogens with zero attached hydrogens (tertiary/aromatic N) is 3. The maximum absolute atomic E-state index is 11.3. The fraction of sp³-hybridized carbons (Fsp3) is 0.214. The SMILES string of the molecule is C1=CCC=C1.CC.Nc1n[n+]([O-])c2ccccc2[n+]1[O-].[Ti]. The molecule has 0 saturated carbocycles. The second kappa shape index (κ2) is 9.91. The Kier molecular flexibility index (Phi) is 9.00. The number of nitrogen functional groups attached to an aromatic ring is 1. The number of benzene rings is 1. The van der Waals surface area contributed by atoms with E-state index in [1.54, 1.807) is 12.1 Å². The van der Waals surface area contributed by atoms with Gasteiger partial charge in [0.05, 0.1) is 0 Å². The molecule has 0 unspecified atom stereocenters. The van der Waals surface area contributed by atoms with Gasteiger partial charge in [0.25, 0.3) is 5.52 Å². The van der Waals surface area contributed by atoms with E-state index in [0.29, 0.717) is 9.58 Å². The number of hydrogen-bond donors (Lipinski definition) is 1. The van der Waals surface area contributed by atoms with Gasteiger partial charge in [-0.15, -0.1) is 0 Å². The van der Waals surface area contributed by atoms with Crippen LogP contribution in [0.2, 0.25) is 0 Å². The molecule has 0 bridgehead atoms. The van der Waals surface area contributed by atoms with Crippen LogP contribution >= 0.6 is 0 Å². The molecule has 1 aliphatic rings. The molecule has 1 aromatic carbocycles. The Morgan fingerprint density at radius 1 is 1.05 bits per heavy atom. The fourth-order valence-corrected chi connectivity index (χ4v) is 1.50. The van der Waals surface area contributed by atoms with Crippen molar-refractivity contribution in [2.45, 2.75) is 20.3 Å². The predicted molar refractivity (Wildman–Crippen MR) is 78.3 cm³/mol. The second-order valence-corrected chi connectivity index (χ2v) is 3.61. The van der Waals surface area contributed by atoms with Crippen LogP contribution in [0.5, 0.6) is 0 Å². The van der Waals surface area contributed by atoms with E-state index in [-0.39, 0.29) is 38.7 Å². The Hall–Kier alpha value is -1.92. The Morgan fingerprint density at radius 2 is 1.57 bits per heavy atom. The number of allylic oxidation sites excluding steroid dienone is 4. The molecule has 1 aliphatic carbocycles. The van der Waals surface area contributed by atoms with Crippen LogP contribution in [0.25, 0.3) is 11.0 Å². The van der Waals surface area contributed by atoms with Crippen molar-refractivity contribution in [2.75, 3.05) is 5.73 Å². The number of aromatic nitrogens is 3. The van der Waals surface area contributed by atoms with E-state index in [1.807, 2.05) is 13.8 Å². The number of nitrogens with two attached hydrogens (primary N) is 1. The summed E-state index contributed by atoms with van der Waals surface area (Å²) in [6.45, 7) is 4.00. The summed E-state index contributed by atoms with van der Waals surface area (Å²) in [4.78, 5) is 0.332. The van der Waals surface area contributed by atoms with Gasteiger partial charge in [0.15, 0.2) is 5.52 Å². The molecule has 0 fully saturated rings. The smallest absolute Gasteiger partial charge is 0.458 e. The van der Waals surface area contributed by atoms with E-state index >= 15 is 0 Å². The first kappa shape index (κ1) is 19.1. The number of para-hydroxylation sites is 2. The van der Waals surface area contributed by atoms with E-state index in [1.165, 1.54) is 12.1 Å². The maximum atomic E-state index is 11.3. The van der Waals surface area contributed by atoms with Gasteiger partial charge >= 0.3 is 5.95 Å². The van der Waals surface area contributed by atoms with Crippen molar-refractivity contribution in [1.29, 1.82) is 0 Å². The molecular formula is C14H18N4O2Ti. The molecule has 110 valence electrons. The largest absolute Gasteiger partial charge is 0.739 e. The molecule has 0 saturated heterocycles. The van der Waals surface area contributed by atoms with Crippen molar-refractivity contribution in [3.63, 3.8) is 0 Å². The van der Waals surface area contributed by atoms with Crippen LogP contribution in [-0.2, 0) is 21.7 Å². The van der Waals surface area contributed by atoms with E-state index in [2.05, 4.69) is 29.4 Å². The zero-order valence-electron chi connectivity index (χ0n) is 12.1. The third kappa shape index (κ3) is 5.17. The molecule has 1 heterocycles. The maximum Gasteiger partial charge on any atom is 0.458 e. The van der Waals surface area contributed by atoms with Crippen molar-refractivity contribution >= 4 is 17.0 Å². The van der Waals surface area contributed by atoms with Gasteiger partial charge in [0.1, 0.15) is 0 Å². The first-order valence-corrected chi connectivity index (χ1v) is 6.39. The summed E-state index contributed by atoms with van der Waals surface area (Å²) in [5.41, 5.74) is 5.62. The average Bonchev–Trinajstić information content (AvgIpc) is 3.07. The van der Waals surface area contributed by atoms with Crippen LogP contribution in [-0.4, -0.2) is 5.10 Å². The minimum absolute atomic E-state index is 0. The van der Waals surface area contributed by atoms with Crippen LogP contribution < -0.4 is 15.3 Å². The van der Waals surface area contributed by atoms with E-state index in [4.69, 9.17) is 5.73 Å². The number of anilines is 1. The molecular weight excluding hydrogens is 304 g/mol. The van der Waals surface area contributed by atoms with Crippen molar-refractivity contribution < 1.29 is 31.3 Å². The predicted octanol–water partition coefficient (Wildman–Crippen LogP) is 1.61. The van der Waals surface area contributed by atoms with E-state index in [9.17, 15) is 10.4 Å². The number of rotatable bonds is 0. The zero-order valence-corrected chi connectivity index (χ0v) is 13.6. The first-order valence-electron chi connectivity index (χ1n) is 6.39. The van der Waals surface area contributed by atoms with Gasteiger partial charge in [-0.25, -0.2) is 4.73 Å². The normalized spacial score (nSPS) is 11.0. The molecule has 21 heavy (non-hydrogen) atoms. The Bertz CT molecular complexity index is 620. The Balaban J connectivity index is 0.000000423. The molecule has 0 amide bonds. The molecule has 6 nitrogen and oxygen atoms in total. The molecule has 7 heteroatoms. The molecule has 3 rings (SSSR count). The summed E-state index contributed by atoms with van der Waals surface area (Å²) < 4.78 is 0.420. The minimum atomic E-state index is -0.353. The van der Waals surface area contributed by atoms with Gasteiger partial charge in [-0.2, -0.15) is 0 Å². The van der Waals surface area contributed by atoms with E-state index < -0.39 is 0 Å². The molecule has 0 aliphatic heterocycles. The van der Waals surface area contributed by atoms with Crippen LogP contribution in [0.3, 0.4) is 0 Å². The van der Waals surface area contributed by atoms with Crippen LogP contribution in [0.4, 0.5) is 5.95 Å². The molecule has 0 spiro atoms. The molecule has 2 aromatic rings. The van der Waals surface area contributed by atoms with Crippen molar-refractivity contribution in [3.8, 4) is 0 Å². The fourth-order valence-electron chi connectivity index (χ4n) is 1.50. The number of fused-ring (bicyclic) bond motifs is 1. The summed E-state index contributed by atoms with van der Waals surface area (Å²) >= 11 is 0. The van der Waals surface area contributed by atoms with Gasteiger partial charge in [-0.1, -0.05) is 50.3 Å². The van der Waals surface area contributed by atoms with Crippen LogP contribution in [0.15, 0.2) is 48.6 Å². The summed E-state index contributed by atoms with van der Waals surface area (Å²) in [7, 11) is 0. The van der Waals surface area contributed by atoms with Gasteiger partial charge in [-0.05, 0) is 12.5 Å². The quantitative estimate of drug-likeness (QED) is 0.453. The van der Waals surface area contributed by atoms with Gasteiger partial charge in [0.2, 0.25) is 5.10 Å². The third-order valence-corrected chi connectivity index (χ3v) is 2.36. The summed E-state index contributed by atoms with van der Waals surface area (Å²) in [6.07, 6.45) is 9.50. The van der Waals surface area contributed by atoms with Gasteiger partial charge < -0.3 is 10.4 Å². The minimum Gasteiger partial charge on any atom is -0.739 e. The third-order valence-electron chi connectivity index (χ3n) is 2.36.